The molecule has 1 aromatic heterocycles. The summed E-state index contributed by atoms with van der Waals surface area (Å²) < 4.78 is 0.643. The number of halogens is 1. The lowest BCUT2D eigenvalue weighted by molar-refractivity contribution is -0.147. The first kappa shape index (κ1) is 12.4. The molecule has 2 heterocycles. The summed E-state index contributed by atoms with van der Waals surface area (Å²) in [6.07, 6.45) is 1.54. The SMILES string of the molecule is O=C(O)[C@H]1CCCN1C(=O)Cc1ccc(Cl)s1. The maximum atomic E-state index is 12.0. The van der Waals surface area contributed by atoms with E-state index in [1.165, 1.54) is 16.2 Å². The number of carbonyl (C=O) groups is 2. The van der Waals surface area contributed by atoms with Gasteiger partial charge in [-0.25, -0.2) is 4.79 Å². The molecule has 0 unspecified atom stereocenters. The second-order valence-electron chi connectivity index (χ2n) is 3.97. The van der Waals surface area contributed by atoms with Gasteiger partial charge in [0.05, 0.1) is 10.8 Å². The highest BCUT2D eigenvalue weighted by molar-refractivity contribution is 7.16. The summed E-state index contributed by atoms with van der Waals surface area (Å²) in [5.74, 6) is -1.05. The molecule has 17 heavy (non-hydrogen) atoms. The van der Waals surface area contributed by atoms with Crippen LogP contribution in [0.3, 0.4) is 0 Å². The van der Waals surface area contributed by atoms with Gasteiger partial charge in [0.15, 0.2) is 0 Å². The van der Waals surface area contributed by atoms with Crippen LogP contribution in [0.25, 0.3) is 0 Å². The highest BCUT2D eigenvalue weighted by atomic mass is 35.5. The molecule has 0 saturated carbocycles. The first-order valence-corrected chi connectivity index (χ1v) is 6.54. The number of likely N-dealkylation sites (tertiary alicyclic amines) is 1. The van der Waals surface area contributed by atoms with Gasteiger partial charge in [0, 0.05) is 11.4 Å². The first-order chi connectivity index (χ1) is 8.08. The number of carboxylic acids is 1. The third-order valence-corrected chi connectivity index (χ3v) is 4.04. The standard InChI is InChI=1S/C11H12ClNO3S/c12-9-4-3-7(17-9)6-10(14)13-5-1-2-8(13)11(15)16/h3-4,8H,1-2,5-6H2,(H,15,16)/t8-/m1/s1. The summed E-state index contributed by atoms with van der Waals surface area (Å²) in [5, 5.41) is 8.99. The van der Waals surface area contributed by atoms with Crippen molar-refractivity contribution < 1.29 is 14.7 Å². The molecule has 2 rings (SSSR count). The highest BCUT2D eigenvalue weighted by Crippen LogP contribution is 2.24. The fourth-order valence-electron chi connectivity index (χ4n) is 2.02. The molecule has 0 radical (unpaired) electrons. The zero-order chi connectivity index (χ0) is 12.4. The average molecular weight is 274 g/mol. The van der Waals surface area contributed by atoms with Gasteiger partial charge in [0.1, 0.15) is 6.04 Å². The molecular formula is C11H12ClNO3S. The third kappa shape index (κ3) is 2.79. The Kier molecular flexibility index (Phi) is 3.69. The van der Waals surface area contributed by atoms with E-state index in [0.29, 0.717) is 17.3 Å². The number of thiophene rings is 1. The number of carbonyl (C=O) groups excluding carboxylic acids is 1. The number of nitrogens with zero attached hydrogens (tertiary/aromatic N) is 1. The van der Waals surface area contributed by atoms with E-state index in [1.54, 1.807) is 12.1 Å². The van der Waals surface area contributed by atoms with Crippen LogP contribution in [0.1, 0.15) is 17.7 Å². The summed E-state index contributed by atoms with van der Waals surface area (Å²) in [6.45, 7) is 0.537. The second kappa shape index (κ2) is 5.06. The maximum absolute atomic E-state index is 12.0. The normalized spacial score (nSPS) is 19.6. The molecule has 1 N–H and O–H groups in total. The largest absolute Gasteiger partial charge is 0.480 e. The Morgan fingerprint density at radius 2 is 2.29 bits per heavy atom. The van der Waals surface area contributed by atoms with Gasteiger partial charge in [-0.05, 0) is 25.0 Å². The fourth-order valence-corrected chi connectivity index (χ4v) is 3.10. The van der Waals surface area contributed by atoms with Crippen molar-refractivity contribution >= 4 is 34.8 Å². The van der Waals surface area contributed by atoms with Crippen LogP contribution in [-0.2, 0) is 16.0 Å². The smallest absolute Gasteiger partial charge is 0.326 e. The molecule has 1 aliphatic rings. The van der Waals surface area contributed by atoms with Crippen LogP contribution in [0.2, 0.25) is 4.34 Å². The molecule has 1 fully saturated rings. The predicted octanol–water partition coefficient (Wildman–Crippen LogP) is 2.02. The van der Waals surface area contributed by atoms with E-state index >= 15 is 0 Å². The lowest BCUT2D eigenvalue weighted by atomic mass is 10.2. The van der Waals surface area contributed by atoms with Gasteiger partial charge in [-0.1, -0.05) is 11.6 Å². The predicted molar refractivity (Wildman–Crippen MR) is 65.4 cm³/mol. The second-order valence-corrected chi connectivity index (χ2v) is 5.77. The molecule has 1 aliphatic heterocycles. The van der Waals surface area contributed by atoms with Crippen molar-refractivity contribution in [3.63, 3.8) is 0 Å². The summed E-state index contributed by atoms with van der Waals surface area (Å²) in [6, 6.07) is 2.89. The van der Waals surface area contributed by atoms with Gasteiger partial charge >= 0.3 is 5.97 Å². The van der Waals surface area contributed by atoms with E-state index < -0.39 is 12.0 Å². The Morgan fingerprint density at radius 3 is 2.88 bits per heavy atom. The van der Waals surface area contributed by atoms with Gasteiger partial charge in [-0.2, -0.15) is 0 Å². The van der Waals surface area contributed by atoms with Crippen molar-refractivity contribution in [2.75, 3.05) is 6.54 Å². The van der Waals surface area contributed by atoms with E-state index in [-0.39, 0.29) is 12.3 Å². The topological polar surface area (TPSA) is 57.6 Å². The van der Waals surface area contributed by atoms with Crippen LogP contribution >= 0.6 is 22.9 Å². The number of carboxylic acid groups (broad SMARTS) is 1. The van der Waals surface area contributed by atoms with Crippen molar-refractivity contribution in [1.82, 2.24) is 4.90 Å². The van der Waals surface area contributed by atoms with E-state index in [1.807, 2.05) is 0 Å². The summed E-state index contributed by atoms with van der Waals surface area (Å²) in [5.41, 5.74) is 0. The molecule has 1 amide bonds. The van der Waals surface area contributed by atoms with Crippen molar-refractivity contribution in [1.29, 1.82) is 0 Å². The molecule has 0 aliphatic carbocycles. The molecule has 1 saturated heterocycles. The Morgan fingerprint density at radius 1 is 1.53 bits per heavy atom. The van der Waals surface area contributed by atoms with E-state index in [0.717, 1.165) is 11.3 Å². The Labute approximate surface area is 108 Å². The van der Waals surface area contributed by atoms with Crippen molar-refractivity contribution in [2.45, 2.75) is 25.3 Å². The minimum Gasteiger partial charge on any atom is -0.480 e. The van der Waals surface area contributed by atoms with E-state index in [2.05, 4.69) is 0 Å². The van der Waals surface area contributed by atoms with E-state index in [9.17, 15) is 9.59 Å². The number of hydrogen-bond acceptors (Lipinski definition) is 3. The van der Waals surface area contributed by atoms with Gasteiger partial charge in [-0.3, -0.25) is 4.79 Å². The minimum atomic E-state index is -0.917. The number of hydrogen-bond donors (Lipinski definition) is 1. The molecule has 0 aromatic carbocycles. The Hall–Kier alpha value is -1.07. The molecule has 6 heteroatoms. The van der Waals surface area contributed by atoms with Crippen molar-refractivity contribution in [2.24, 2.45) is 0 Å². The molecule has 1 atom stereocenters. The van der Waals surface area contributed by atoms with Gasteiger partial charge in [0.25, 0.3) is 0 Å². The number of rotatable bonds is 3. The first-order valence-electron chi connectivity index (χ1n) is 5.34. The van der Waals surface area contributed by atoms with Crippen molar-refractivity contribution in [3.8, 4) is 0 Å². The Balaban J connectivity index is 2.02. The summed E-state index contributed by atoms with van der Waals surface area (Å²) in [4.78, 5) is 25.3. The van der Waals surface area contributed by atoms with Crippen molar-refractivity contribution in [3.05, 3.63) is 21.3 Å². The monoisotopic (exact) mass is 273 g/mol. The van der Waals surface area contributed by atoms with Crippen LogP contribution in [-0.4, -0.2) is 34.5 Å². The van der Waals surface area contributed by atoms with Crippen LogP contribution in [0.4, 0.5) is 0 Å². The van der Waals surface area contributed by atoms with Crippen LogP contribution in [0, 0.1) is 0 Å². The highest BCUT2D eigenvalue weighted by Gasteiger charge is 2.33. The molecule has 0 spiro atoms. The molecule has 92 valence electrons. The maximum Gasteiger partial charge on any atom is 0.326 e. The molecule has 4 nitrogen and oxygen atoms in total. The summed E-state index contributed by atoms with van der Waals surface area (Å²) >= 11 is 7.14. The third-order valence-electron chi connectivity index (χ3n) is 2.81. The molecule has 0 bridgehead atoms. The lowest BCUT2D eigenvalue weighted by Crippen LogP contribution is -2.41. The van der Waals surface area contributed by atoms with Gasteiger partial charge in [-0.15, -0.1) is 11.3 Å². The minimum absolute atomic E-state index is 0.131. The Bertz CT molecular complexity index is 446. The summed E-state index contributed by atoms with van der Waals surface area (Å²) in [7, 11) is 0. The van der Waals surface area contributed by atoms with Crippen LogP contribution in [0.5, 0.6) is 0 Å². The van der Waals surface area contributed by atoms with Gasteiger partial charge < -0.3 is 10.0 Å². The van der Waals surface area contributed by atoms with Crippen LogP contribution in [0.15, 0.2) is 12.1 Å². The average Bonchev–Trinajstić information content (AvgIpc) is 2.86. The molecular weight excluding hydrogens is 262 g/mol. The van der Waals surface area contributed by atoms with Gasteiger partial charge in [0.2, 0.25) is 5.91 Å². The fraction of sp³-hybridized carbons (Fsp3) is 0.455. The number of amides is 1. The zero-order valence-corrected chi connectivity index (χ0v) is 10.6. The quantitative estimate of drug-likeness (QED) is 0.917. The van der Waals surface area contributed by atoms with Crippen LogP contribution < -0.4 is 0 Å². The zero-order valence-electron chi connectivity index (χ0n) is 9.06. The number of aliphatic carboxylic acids is 1. The van der Waals surface area contributed by atoms with E-state index in [4.69, 9.17) is 16.7 Å². The lowest BCUT2D eigenvalue weighted by Gasteiger charge is -2.20. The molecule has 1 aromatic rings.